The van der Waals surface area contributed by atoms with Crippen molar-refractivity contribution >= 4 is 27.9 Å². The number of hydrogen-bond acceptors (Lipinski definition) is 3. The Bertz CT molecular complexity index is 355. The molecule has 0 radical (unpaired) electrons. The van der Waals surface area contributed by atoms with Gasteiger partial charge in [-0.05, 0) is 33.1 Å². The van der Waals surface area contributed by atoms with Gasteiger partial charge in [-0.1, -0.05) is 15.9 Å². The van der Waals surface area contributed by atoms with E-state index in [9.17, 15) is 9.59 Å². The van der Waals surface area contributed by atoms with E-state index in [4.69, 9.17) is 4.74 Å². The monoisotopic (exact) mass is 348 g/mol. The Hall–Kier alpha value is -0.780. The minimum absolute atomic E-state index is 0.217. The van der Waals surface area contributed by atoms with Gasteiger partial charge in [0.25, 0.3) is 0 Å². The Morgan fingerprint density at radius 1 is 1.50 bits per heavy atom. The number of halogens is 1. The van der Waals surface area contributed by atoms with Gasteiger partial charge in [-0.3, -0.25) is 4.79 Å². The van der Waals surface area contributed by atoms with Crippen LogP contribution < -0.4 is 0 Å². The van der Waals surface area contributed by atoms with Crippen molar-refractivity contribution in [3.63, 3.8) is 0 Å². The number of nitrogens with zero attached hydrogens (tertiary/aromatic N) is 2. The first-order chi connectivity index (χ1) is 9.23. The lowest BCUT2D eigenvalue weighted by Crippen LogP contribution is -2.36. The molecule has 1 unspecified atom stereocenters. The molecule has 0 aromatic heterocycles. The fourth-order valence-corrected chi connectivity index (χ4v) is 2.54. The first kappa shape index (κ1) is 17.3. The molecule has 1 atom stereocenters. The summed E-state index contributed by atoms with van der Waals surface area (Å²) in [6.45, 7) is 7.67. The SMILES string of the molecule is CN(CCCN1CC(CBr)CC1=O)C(=O)OC(C)(C)C. The van der Waals surface area contributed by atoms with Crippen LogP contribution in [0.1, 0.15) is 33.6 Å². The number of likely N-dealkylation sites (tertiary alicyclic amines) is 1. The summed E-state index contributed by atoms with van der Waals surface area (Å²) < 4.78 is 5.28. The fourth-order valence-electron chi connectivity index (χ4n) is 2.10. The predicted molar refractivity (Wildman–Crippen MR) is 82.0 cm³/mol. The molecule has 0 aliphatic carbocycles. The van der Waals surface area contributed by atoms with Crippen molar-refractivity contribution in [2.45, 2.75) is 39.2 Å². The zero-order valence-electron chi connectivity index (χ0n) is 12.8. The van der Waals surface area contributed by atoms with Crippen molar-refractivity contribution in [3.8, 4) is 0 Å². The van der Waals surface area contributed by atoms with E-state index in [0.717, 1.165) is 18.3 Å². The van der Waals surface area contributed by atoms with E-state index in [1.54, 1.807) is 11.9 Å². The Balaban J connectivity index is 2.27. The van der Waals surface area contributed by atoms with Gasteiger partial charge < -0.3 is 14.5 Å². The maximum Gasteiger partial charge on any atom is 0.410 e. The number of rotatable bonds is 5. The standard InChI is InChI=1S/C14H25BrN2O3/c1-14(2,3)20-13(19)16(4)6-5-7-17-10-11(9-15)8-12(17)18/h11H,5-10H2,1-4H3. The molecule has 5 nitrogen and oxygen atoms in total. The zero-order chi connectivity index (χ0) is 15.3. The van der Waals surface area contributed by atoms with Crippen molar-refractivity contribution in [2.75, 3.05) is 32.0 Å². The van der Waals surface area contributed by atoms with Crippen molar-refractivity contribution in [1.29, 1.82) is 0 Å². The lowest BCUT2D eigenvalue weighted by molar-refractivity contribution is -0.127. The normalized spacial score (nSPS) is 19.4. The molecule has 1 aliphatic heterocycles. The molecule has 1 fully saturated rings. The van der Waals surface area contributed by atoms with Crippen molar-refractivity contribution in [3.05, 3.63) is 0 Å². The average molecular weight is 349 g/mol. The maximum absolute atomic E-state index is 11.8. The molecule has 0 aromatic rings. The van der Waals surface area contributed by atoms with Gasteiger partial charge in [-0.15, -0.1) is 0 Å². The molecular formula is C14H25BrN2O3. The third-order valence-corrected chi connectivity index (χ3v) is 4.06. The third kappa shape index (κ3) is 5.69. The van der Waals surface area contributed by atoms with Crippen molar-refractivity contribution in [2.24, 2.45) is 5.92 Å². The van der Waals surface area contributed by atoms with Crippen LogP contribution in [0.15, 0.2) is 0 Å². The van der Waals surface area contributed by atoms with Gasteiger partial charge in [-0.25, -0.2) is 4.79 Å². The molecule has 1 rings (SSSR count). The lowest BCUT2D eigenvalue weighted by Gasteiger charge is -2.25. The van der Waals surface area contributed by atoms with E-state index < -0.39 is 5.60 Å². The van der Waals surface area contributed by atoms with Crippen molar-refractivity contribution in [1.82, 2.24) is 9.80 Å². The molecule has 0 aromatic carbocycles. The first-order valence-corrected chi connectivity index (χ1v) is 8.13. The number of hydrogen-bond donors (Lipinski definition) is 0. The van der Waals surface area contributed by atoms with Crippen LogP contribution in [0.3, 0.4) is 0 Å². The minimum atomic E-state index is -0.473. The highest BCUT2D eigenvalue weighted by Gasteiger charge is 2.28. The largest absolute Gasteiger partial charge is 0.444 e. The van der Waals surface area contributed by atoms with E-state index >= 15 is 0 Å². The molecular weight excluding hydrogens is 324 g/mol. The van der Waals surface area contributed by atoms with Gasteiger partial charge in [-0.2, -0.15) is 0 Å². The number of alkyl halides is 1. The van der Waals surface area contributed by atoms with Crippen LogP contribution in [0.4, 0.5) is 4.79 Å². The number of carbonyl (C=O) groups is 2. The second-order valence-electron chi connectivity index (χ2n) is 6.32. The molecule has 1 aliphatic rings. The Morgan fingerprint density at radius 3 is 2.65 bits per heavy atom. The fraction of sp³-hybridized carbons (Fsp3) is 0.857. The van der Waals surface area contributed by atoms with E-state index in [-0.39, 0.29) is 12.0 Å². The van der Waals surface area contributed by atoms with Crippen LogP contribution in [0, 0.1) is 5.92 Å². The van der Waals surface area contributed by atoms with Crippen LogP contribution in [-0.4, -0.2) is 59.4 Å². The van der Waals surface area contributed by atoms with Gasteiger partial charge >= 0.3 is 6.09 Å². The van der Waals surface area contributed by atoms with Gasteiger partial charge in [0.15, 0.2) is 0 Å². The van der Waals surface area contributed by atoms with Crippen LogP contribution >= 0.6 is 15.9 Å². The molecule has 2 amide bonds. The molecule has 0 N–H and O–H groups in total. The predicted octanol–water partition coefficient (Wildman–Crippen LogP) is 2.49. The van der Waals surface area contributed by atoms with Crippen LogP contribution in [0.5, 0.6) is 0 Å². The summed E-state index contributed by atoms with van der Waals surface area (Å²) in [6, 6.07) is 0. The maximum atomic E-state index is 11.8. The van der Waals surface area contributed by atoms with Gasteiger partial charge in [0.1, 0.15) is 5.60 Å². The molecule has 0 saturated carbocycles. The number of carbonyl (C=O) groups excluding carboxylic acids is 2. The van der Waals surface area contributed by atoms with E-state index in [1.165, 1.54) is 0 Å². The van der Waals surface area contributed by atoms with Crippen LogP contribution in [-0.2, 0) is 9.53 Å². The Kier molecular flexibility index (Phi) is 6.30. The molecule has 0 spiro atoms. The average Bonchev–Trinajstić information content (AvgIpc) is 2.68. The molecule has 116 valence electrons. The highest BCUT2D eigenvalue weighted by Crippen LogP contribution is 2.19. The quantitative estimate of drug-likeness (QED) is 0.717. The van der Waals surface area contributed by atoms with Gasteiger partial charge in [0.2, 0.25) is 5.91 Å². The minimum Gasteiger partial charge on any atom is -0.444 e. The van der Waals surface area contributed by atoms with Gasteiger partial charge in [0, 0.05) is 38.4 Å². The topological polar surface area (TPSA) is 49.9 Å². The summed E-state index contributed by atoms with van der Waals surface area (Å²) in [5.74, 6) is 0.639. The summed E-state index contributed by atoms with van der Waals surface area (Å²) in [5, 5.41) is 0.868. The van der Waals surface area contributed by atoms with Gasteiger partial charge in [0.05, 0.1) is 0 Å². The van der Waals surface area contributed by atoms with Crippen molar-refractivity contribution < 1.29 is 14.3 Å². The van der Waals surface area contributed by atoms with Crippen LogP contribution in [0.2, 0.25) is 0 Å². The van der Waals surface area contributed by atoms with Crippen LogP contribution in [0.25, 0.3) is 0 Å². The number of amides is 2. The summed E-state index contributed by atoms with van der Waals surface area (Å²) in [4.78, 5) is 27.0. The Labute approximate surface area is 129 Å². The second kappa shape index (κ2) is 7.29. The van der Waals surface area contributed by atoms with E-state index in [0.29, 0.717) is 25.4 Å². The molecule has 1 saturated heterocycles. The first-order valence-electron chi connectivity index (χ1n) is 7.01. The number of ether oxygens (including phenoxy) is 1. The van der Waals surface area contributed by atoms with E-state index in [1.807, 2.05) is 25.7 Å². The second-order valence-corrected chi connectivity index (χ2v) is 6.97. The summed E-state index contributed by atoms with van der Waals surface area (Å²) in [5.41, 5.74) is -0.473. The third-order valence-electron chi connectivity index (χ3n) is 3.14. The lowest BCUT2D eigenvalue weighted by atomic mass is 10.2. The highest BCUT2D eigenvalue weighted by atomic mass is 79.9. The highest BCUT2D eigenvalue weighted by molar-refractivity contribution is 9.09. The molecule has 1 heterocycles. The molecule has 0 bridgehead atoms. The summed E-state index contributed by atoms with van der Waals surface area (Å²) in [6.07, 6.45) is 1.09. The summed E-state index contributed by atoms with van der Waals surface area (Å²) >= 11 is 3.42. The smallest absolute Gasteiger partial charge is 0.410 e. The van der Waals surface area contributed by atoms with E-state index in [2.05, 4.69) is 15.9 Å². The Morgan fingerprint density at radius 2 is 2.15 bits per heavy atom. The summed E-state index contributed by atoms with van der Waals surface area (Å²) in [7, 11) is 1.72. The zero-order valence-corrected chi connectivity index (χ0v) is 14.4. The molecule has 20 heavy (non-hydrogen) atoms. The molecule has 6 heteroatoms.